The maximum atomic E-state index is 10.5. The third-order valence-electron chi connectivity index (χ3n) is 4.98. The maximum absolute atomic E-state index is 10.5. The Balaban J connectivity index is 2.48. The number of hydrogen-bond acceptors (Lipinski definition) is 4. The van der Waals surface area contributed by atoms with Crippen molar-refractivity contribution in [2.75, 3.05) is 13.2 Å². The van der Waals surface area contributed by atoms with Crippen LogP contribution < -0.4 is 0 Å². The zero-order chi connectivity index (χ0) is 18.2. The molecule has 1 aliphatic rings. The van der Waals surface area contributed by atoms with Crippen LogP contribution in [0.3, 0.4) is 0 Å². The number of hydrogen-bond donors (Lipinski definition) is 2. The van der Waals surface area contributed by atoms with Crippen molar-refractivity contribution < 1.29 is 14.9 Å². The molecule has 0 aromatic carbocycles. The second-order valence-electron chi connectivity index (χ2n) is 7.45. The standard InChI is InChI=1S/C20H34O3S/c1-15(2)7-9-18(24)16(3)6-5-12-20(4)19(22)10-8-17(11-13-21)14-23-20/h7,11,16,19,21-22H,5-6,8-10,12-14H2,1-4H3/t16?,19-,20+/m1/s1. The average Bonchev–Trinajstić information content (AvgIpc) is 2.66. The van der Waals surface area contributed by atoms with Crippen molar-refractivity contribution in [1.82, 2.24) is 0 Å². The molecule has 0 spiro atoms. The van der Waals surface area contributed by atoms with E-state index in [1.54, 1.807) is 6.08 Å². The quantitative estimate of drug-likeness (QED) is 0.502. The number of ether oxygens (including phenoxy) is 1. The van der Waals surface area contributed by atoms with Crippen LogP contribution in [0.2, 0.25) is 0 Å². The summed E-state index contributed by atoms with van der Waals surface area (Å²) < 4.78 is 6.02. The Morgan fingerprint density at radius 3 is 2.79 bits per heavy atom. The monoisotopic (exact) mass is 354 g/mol. The van der Waals surface area contributed by atoms with Gasteiger partial charge in [-0.3, -0.25) is 0 Å². The number of aliphatic hydroxyl groups excluding tert-OH is 2. The molecule has 1 unspecified atom stereocenters. The molecule has 138 valence electrons. The number of aliphatic hydroxyl groups is 2. The highest BCUT2D eigenvalue weighted by Crippen LogP contribution is 2.31. The normalized spacial score (nSPS) is 27.6. The van der Waals surface area contributed by atoms with Crippen molar-refractivity contribution >= 4 is 17.1 Å². The molecule has 3 atom stereocenters. The van der Waals surface area contributed by atoms with Gasteiger partial charge in [-0.15, -0.1) is 0 Å². The van der Waals surface area contributed by atoms with Crippen LogP contribution in [-0.4, -0.2) is 40.0 Å². The molecule has 3 nitrogen and oxygen atoms in total. The molecule has 0 aromatic rings. The Morgan fingerprint density at radius 2 is 2.17 bits per heavy atom. The molecule has 2 N–H and O–H groups in total. The molecule has 1 fully saturated rings. The fourth-order valence-corrected chi connectivity index (χ4v) is 3.21. The molecule has 4 heteroatoms. The molecule has 1 saturated heterocycles. The van der Waals surface area contributed by atoms with Gasteiger partial charge in [0.25, 0.3) is 0 Å². The SMILES string of the molecule is CC(C)=CCC(=S)C(C)CCC[C@]1(C)OCC(=CCO)CC[C@H]1O. The van der Waals surface area contributed by atoms with Gasteiger partial charge in [0, 0.05) is 0 Å². The Labute approximate surface area is 152 Å². The van der Waals surface area contributed by atoms with E-state index >= 15 is 0 Å². The van der Waals surface area contributed by atoms with Crippen LogP contribution in [-0.2, 0) is 4.74 Å². The number of rotatable bonds is 8. The summed E-state index contributed by atoms with van der Waals surface area (Å²) in [6, 6.07) is 0. The Bertz CT molecular complexity index is 466. The Hall–Kier alpha value is -0.550. The fraction of sp³-hybridized carbons (Fsp3) is 0.750. The van der Waals surface area contributed by atoms with Crippen LogP contribution in [0.4, 0.5) is 0 Å². The number of thiocarbonyl (C=S) groups is 1. The summed E-state index contributed by atoms with van der Waals surface area (Å²) in [7, 11) is 0. The molecule has 24 heavy (non-hydrogen) atoms. The van der Waals surface area contributed by atoms with E-state index in [4.69, 9.17) is 22.1 Å². The summed E-state index contributed by atoms with van der Waals surface area (Å²) in [6.45, 7) is 8.92. The van der Waals surface area contributed by atoms with Crippen molar-refractivity contribution in [3.63, 3.8) is 0 Å². The molecule has 0 aliphatic carbocycles. The molecular formula is C20H34O3S. The van der Waals surface area contributed by atoms with Crippen LogP contribution in [0, 0.1) is 5.92 Å². The van der Waals surface area contributed by atoms with E-state index in [0.29, 0.717) is 18.9 Å². The summed E-state index contributed by atoms with van der Waals surface area (Å²) in [5.74, 6) is 0.409. The van der Waals surface area contributed by atoms with Gasteiger partial charge in [0.1, 0.15) is 0 Å². The lowest BCUT2D eigenvalue weighted by molar-refractivity contribution is -0.104. The molecule has 1 rings (SSSR count). The predicted octanol–water partition coefficient (Wildman–Crippen LogP) is 4.37. The van der Waals surface area contributed by atoms with Crippen molar-refractivity contribution in [2.24, 2.45) is 5.92 Å². The minimum absolute atomic E-state index is 0.0339. The maximum Gasteiger partial charge on any atom is 0.0916 e. The van der Waals surface area contributed by atoms with Gasteiger partial charge in [-0.25, -0.2) is 0 Å². The summed E-state index contributed by atoms with van der Waals surface area (Å²) in [6.07, 6.45) is 8.73. The van der Waals surface area contributed by atoms with E-state index < -0.39 is 11.7 Å². The first-order valence-corrected chi connectivity index (χ1v) is 9.46. The van der Waals surface area contributed by atoms with E-state index in [-0.39, 0.29) is 6.61 Å². The highest BCUT2D eigenvalue weighted by molar-refractivity contribution is 7.80. The summed E-state index contributed by atoms with van der Waals surface area (Å²) in [5, 5.41) is 19.5. The van der Waals surface area contributed by atoms with Gasteiger partial charge in [0.15, 0.2) is 0 Å². The van der Waals surface area contributed by atoms with E-state index in [1.165, 1.54) is 5.57 Å². The van der Waals surface area contributed by atoms with Crippen LogP contribution >= 0.6 is 12.2 Å². The highest BCUT2D eigenvalue weighted by Gasteiger charge is 2.35. The lowest BCUT2D eigenvalue weighted by Gasteiger charge is -2.33. The van der Waals surface area contributed by atoms with Crippen molar-refractivity contribution in [3.05, 3.63) is 23.3 Å². The minimum atomic E-state index is -0.508. The third kappa shape index (κ3) is 7.14. The Kier molecular flexibility index (Phi) is 9.35. The average molecular weight is 355 g/mol. The largest absolute Gasteiger partial charge is 0.392 e. The number of allylic oxidation sites excluding steroid dienone is 2. The van der Waals surface area contributed by atoms with Crippen molar-refractivity contribution in [3.8, 4) is 0 Å². The minimum Gasteiger partial charge on any atom is -0.392 e. The third-order valence-corrected chi connectivity index (χ3v) is 5.55. The molecule has 0 bridgehead atoms. The predicted molar refractivity (Wildman–Crippen MR) is 104 cm³/mol. The van der Waals surface area contributed by atoms with Crippen molar-refractivity contribution in [2.45, 2.75) is 77.9 Å². The molecular weight excluding hydrogens is 320 g/mol. The van der Waals surface area contributed by atoms with Gasteiger partial charge in [-0.2, -0.15) is 0 Å². The first kappa shape index (κ1) is 21.5. The van der Waals surface area contributed by atoms with Gasteiger partial charge in [-0.05, 0) is 75.7 Å². The molecule has 1 aliphatic heterocycles. The van der Waals surface area contributed by atoms with Gasteiger partial charge in [-0.1, -0.05) is 36.9 Å². The lowest BCUT2D eigenvalue weighted by atomic mass is 9.87. The summed E-state index contributed by atoms with van der Waals surface area (Å²) >= 11 is 5.53. The van der Waals surface area contributed by atoms with Gasteiger partial charge in [0.05, 0.1) is 24.9 Å². The summed E-state index contributed by atoms with van der Waals surface area (Å²) in [4.78, 5) is 1.11. The van der Waals surface area contributed by atoms with Gasteiger partial charge in [0.2, 0.25) is 0 Å². The van der Waals surface area contributed by atoms with E-state index in [1.807, 2.05) is 6.92 Å². The molecule has 0 saturated carbocycles. The first-order chi connectivity index (χ1) is 11.3. The fourth-order valence-electron chi connectivity index (χ4n) is 3.01. The van der Waals surface area contributed by atoms with E-state index in [9.17, 15) is 5.11 Å². The van der Waals surface area contributed by atoms with Crippen LogP contribution in [0.1, 0.15) is 66.2 Å². The topological polar surface area (TPSA) is 49.7 Å². The molecule has 1 heterocycles. The van der Waals surface area contributed by atoms with E-state index in [2.05, 4.69) is 26.8 Å². The second-order valence-corrected chi connectivity index (χ2v) is 7.97. The van der Waals surface area contributed by atoms with Crippen LogP contribution in [0.15, 0.2) is 23.3 Å². The van der Waals surface area contributed by atoms with Gasteiger partial charge < -0.3 is 14.9 Å². The van der Waals surface area contributed by atoms with Gasteiger partial charge >= 0.3 is 0 Å². The Morgan fingerprint density at radius 1 is 1.46 bits per heavy atom. The van der Waals surface area contributed by atoms with Crippen LogP contribution in [0.25, 0.3) is 0 Å². The highest BCUT2D eigenvalue weighted by atomic mass is 32.1. The van der Waals surface area contributed by atoms with Crippen LogP contribution in [0.5, 0.6) is 0 Å². The lowest BCUT2D eigenvalue weighted by Crippen LogP contribution is -2.41. The zero-order valence-electron chi connectivity index (χ0n) is 15.7. The molecule has 0 aromatic heterocycles. The smallest absolute Gasteiger partial charge is 0.0916 e. The zero-order valence-corrected chi connectivity index (χ0v) is 16.5. The first-order valence-electron chi connectivity index (χ1n) is 9.05. The van der Waals surface area contributed by atoms with Crippen molar-refractivity contribution in [1.29, 1.82) is 0 Å². The van der Waals surface area contributed by atoms with E-state index in [0.717, 1.165) is 42.5 Å². The molecule has 0 radical (unpaired) electrons. The molecule has 0 amide bonds. The summed E-state index contributed by atoms with van der Waals surface area (Å²) in [5.41, 5.74) is 1.88. The second kappa shape index (κ2) is 10.4.